The second kappa shape index (κ2) is 8.77. The average Bonchev–Trinajstić information content (AvgIpc) is 2.68. The standard InChI is InChI=1S/C20H26BNO6/c1-3-27-20(25)17-6-4-5-15-11-16(21(26)28-19(15)17)12-18(24)14-7-9-22(10-8-14)13(2)23/h4-6,14,16,26H,3,7-12H2,1-2H3/t16-/m1/s1. The smallest absolute Gasteiger partial charge is 0.526 e. The third kappa shape index (κ3) is 4.38. The van der Waals surface area contributed by atoms with Gasteiger partial charge < -0.3 is 19.3 Å². The second-order valence-corrected chi connectivity index (χ2v) is 7.44. The number of ketones is 1. The number of likely N-dealkylation sites (tertiary alicyclic amines) is 1. The Kier molecular flexibility index (Phi) is 6.39. The van der Waals surface area contributed by atoms with Crippen LogP contribution in [0.5, 0.6) is 5.75 Å². The van der Waals surface area contributed by atoms with Crippen LogP contribution in [0.4, 0.5) is 0 Å². The molecule has 0 spiro atoms. The Hall–Kier alpha value is -2.35. The van der Waals surface area contributed by atoms with E-state index in [-0.39, 0.29) is 36.5 Å². The molecule has 0 saturated carbocycles. The first-order valence-electron chi connectivity index (χ1n) is 9.82. The first-order valence-corrected chi connectivity index (χ1v) is 9.82. The number of fused-ring (bicyclic) bond motifs is 1. The molecule has 150 valence electrons. The number of Topliss-reactive ketones (excluding diaryl/α,β-unsaturated/α-hetero) is 1. The zero-order chi connectivity index (χ0) is 20.3. The van der Waals surface area contributed by atoms with Gasteiger partial charge in [0.2, 0.25) is 5.91 Å². The van der Waals surface area contributed by atoms with Gasteiger partial charge in [-0.3, -0.25) is 9.59 Å². The number of rotatable bonds is 5. The van der Waals surface area contributed by atoms with Crippen molar-refractivity contribution in [2.75, 3.05) is 19.7 Å². The number of nitrogens with zero attached hydrogens (tertiary/aromatic N) is 1. The third-order valence-corrected chi connectivity index (χ3v) is 5.57. The molecule has 1 atom stereocenters. The summed E-state index contributed by atoms with van der Waals surface area (Å²) in [6.45, 7) is 4.72. The fraction of sp³-hybridized carbons (Fsp3) is 0.550. The monoisotopic (exact) mass is 387 g/mol. The van der Waals surface area contributed by atoms with E-state index in [0.717, 1.165) is 5.56 Å². The normalized spacial score (nSPS) is 19.6. The van der Waals surface area contributed by atoms with Crippen LogP contribution in [0.15, 0.2) is 18.2 Å². The molecule has 1 N–H and O–H groups in total. The molecule has 1 aromatic rings. The maximum absolute atomic E-state index is 12.7. The van der Waals surface area contributed by atoms with Gasteiger partial charge in [-0.05, 0) is 37.8 Å². The first-order chi connectivity index (χ1) is 13.4. The molecule has 0 radical (unpaired) electrons. The van der Waals surface area contributed by atoms with E-state index in [2.05, 4.69) is 0 Å². The van der Waals surface area contributed by atoms with Crippen molar-refractivity contribution < 1.29 is 28.8 Å². The summed E-state index contributed by atoms with van der Waals surface area (Å²) in [4.78, 5) is 38.0. The Morgan fingerprint density at radius 2 is 2.00 bits per heavy atom. The topological polar surface area (TPSA) is 93.1 Å². The summed E-state index contributed by atoms with van der Waals surface area (Å²) in [5.41, 5.74) is 1.08. The van der Waals surface area contributed by atoms with Crippen LogP contribution in [0.25, 0.3) is 0 Å². The number of piperidine rings is 1. The molecule has 0 aliphatic carbocycles. The van der Waals surface area contributed by atoms with Gasteiger partial charge in [0.15, 0.2) is 0 Å². The SMILES string of the molecule is CCOC(=O)c1cccc2c1OB(O)[C@@H](CC(=O)C1CCN(C(C)=O)CC1)C2. The molecule has 8 heteroatoms. The minimum atomic E-state index is -1.15. The van der Waals surface area contributed by atoms with E-state index in [0.29, 0.717) is 43.7 Å². The molecule has 1 saturated heterocycles. The highest BCUT2D eigenvalue weighted by Gasteiger charge is 2.39. The number of para-hydroxylation sites is 1. The van der Waals surface area contributed by atoms with E-state index in [1.807, 2.05) is 6.07 Å². The average molecular weight is 387 g/mol. The molecule has 1 fully saturated rings. The Labute approximate surface area is 165 Å². The van der Waals surface area contributed by atoms with Gasteiger partial charge in [-0.15, -0.1) is 0 Å². The number of hydrogen-bond acceptors (Lipinski definition) is 6. The van der Waals surface area contributed by atoms with Gasteiger partial charge in [-0.1, -0.05) is 12.1 Å². The van der Waals surface area contributed by atoms with Crippen LogP contribution in [0.3, 0.4) is 0 Å². The van der Waals surface area contributed by atoms with Gasteiger partial charge in [0.05, 0.1) is 6.61 Å². The van der Waals surface area contributed by atoms with Crippen LogP contribution in [0.1, 0.15) is 49.0 Å². The lowest BCUT2D eigenvalue weighted by Crippen LogP contribution is -2.40. The predicted octanol–water partition coefficient (Wildman–Crippen LogP) is 1.87. The lowest BCUT2D eigenvalue weighted by Gasteiger charge is -2.32. The number of benzene rings is 1. The fourth-order valence-electron chi connectivity index (χ4n) is 3.97. The predicted molar refractivity (Wildman–Crippen MR) is 103 cm³/mol. The van der Waals surface area contributed by atoms with Crippen LogP contribution in [0, 0.1) is 5.92 Å². The molecule has 28 heavy (non-hydrogen) atoms. The number of hydrogen-bond donors (Lipinski definition) is 1. The Morgan fingerprint density at radius 1 is 1.29 bits per heavy atom. The van der Waals surface area contributed by atoms with Crippen molar-refractivity contribution >= 4 is 24.8 Å². The Morgan fingerprint density at radius 3 is 2.64 bits per heavy atom. The Bertz CT molecular complexity index is 759. The van der Waals surface area contributed by atoms with Crippen LogP contribution in [-0.2, 0) is 20.7 Å². The molecule has 2 aliphatic rings. The van der Waals surface area contributed by atoms with Gasteiger partial charge in [0, 0.05) is 38.2 Å². The van der Waals surface area contributed by atoms with Crippen molar-refractivity contribution in [3.8, 4) is 5.75 Å². The molecular formula is C20H26BNO6. The largest absolute Gasteiger partial charge is 0.535 e. The number of carbonyl (C=O) groups is 3. The summed E-state index contributed by atoms with van der Waals surface area (Å²) in [5.74, 6) is -0.458. The quantitative estimate of drug-likeness (QED) is 0.613. The molecule has 0 bridgehead atoms. The minimum Gasteiger partial charge on any atom is -0.535 e. The minimum absolute atomic E-state index is 0.0380. The molecule has 0 unspecified atom stereocenters. The van der Waals surface area contributed by atoms with E-state index < -0.39 is 13.1 Å². The van der Waals surface area contributed by atoms with Crippen molar-refractivity contribution in [2.45, 2.75) is 45.3 Å². The van der Waals surface area contributed by atoms with E-state index in [1.165, 1.54) is 0 Å². The molecule has 3 rings (SSSR count). The van der Waals surface area contributed by atoms with Gasteiger partial charge in [0.1, 0.15) is 17.1 Å². The van der Waals surface area contributed by atoms with E-state index >= 15 is 0 Å². The van der Waals surface area contributed by atoms with Crippen LogP contribution >= 0.6 is 0 Å². The summed E-state index contributed by atoms with van der Waals surface area (Å²) in [5, 5.41) is 10.4. The van der Waals surface area contributed by atoms with E-state index in [4.69, 9.17) is 9.39 Å². The Balaban J connectivity index is 1.65. The molecular weight excluding hydrogens is 361 g/mol. The third-order valence-electron chi connectivity index (χ3n) is 5.57. The van der Waals surface area contributed by atoms with Gasteiger partial charge in [-0.2, -0.15) is 0 Å². The maximum Gasteiger partial charge on any atom is 0.526 e. The van der Waals surface area contributed by atoms with Crippen molar-refractivity contribution in [3.63, 3.8) is 0 Å². The van der Waals surface area contributed by atoms with Gasteiger partial charge in [-0.25, -0.2) is 4.79 Å². The second-order valence-electron chi connectivity index (χ2n) is 7.44. The van der Waals surface area contributed by atoms with E-state index in [9.17, 15) is 19.4 Å². The lowest BCUT2D eigenvalue weighted by molar-refractivity contribution is -0.133. The first kappa shape index (κ1) is 20.4. The summed E-state index contributed by atoms with van der Waals surface area (Å²) in [6, 6.07) is 5.20. The zero-order valence-corrected chi connectivity index (χ0v) is 16.3. The highest BCUT2D eigenvalue weighted by Crippen LogP contribution is 2.37. The molecule has 2 aliphatic heterocycles. The van der Waals surface area contributed by atoms with Crippen molar-refractivity contribution in [1.82, 2.24) is 4.90 Å². The summed E-state index contributed by atoms with van der Waals surface area (Å²) in [6.07, 6.45) is 1.99. The van der Waals surface area contributed by atoms with Crippen molar-refractivity contribution in [1.29, 1.82) is 0 Å². The number of esters is 1. The van der Waals surface area contributed by atoms with Crippen molar-refractivity contribution in [3.05, 3.63) is 29.3 Å². The maximum atomic E-state index is 12.7. The summed E-state index contributed by atoms with van der Waals surface area (Å²) >= 11 is 0. The molecule has 2 heterocycles. The fourth-order valence-corrected chi connectivity index (χ4v) is 3.97. The number of ether oxygens (including phenoxy) is 1. The molecule has 0 aromatic heterocycles. The highest BCUT2D eigenvalue weighted by molar-refractivity contribution is 6.47. The molecule has 1 aromatic carbocycles. The van der Waals surface area contributed by atoms with Gasteiger partial charge in [0.25, 0.3) is 0 Å². The zero-order valence-electron chi connectivity index (χ0n) is 16.3. The molecule has 1 amide bonds. The number of amides is 1. The lowest BCUT2D eigenvalue weighted by atomic mass is 9.63. The van der Waals surface area contributed by atoms with Crippen molar-refractivity contribution in [2.24, 2.45) is 5.92 Å². The van der Waals surface area contributed by atoms with Gasteiger partial charge >= 0.3 is 13.1 Å². The summed E-state index contributed by atoms with van der Waals surface area (Å²) < 4.78 is 10.7. The van der Waals surface area contributed by atoms with E-state index in [1.54, 1.807) is 30.9 Å². The number of carbonyl (C=O) groups excluding carboxylic acids is 3. The van der Waals surface area contributed by atoms with Crippen LogP contribution in [-0.4, -0.2) is 54.4 Å². The van der Waals surface area contributed by atoms with Crippen LogP contribution in [0.2, 0.25) is 5.82 Å². The summed E-state index contributed by atoms with van der Waals surface area (Å²) in [7, 11) is -1.15. The highest BCUT2D eigenvalue weighted by atomic mass is 16.5. The van der Waals surface area contributed by atoms with Crippen LogP contribution < -0.4 is 4.65 Å². The molecule has 7 nitrogen and oxygen atoms in total.